The average Bonchev–Trinajstić information content (AvgIpc) is 2.37. The number of hydrogen-bond acceptors (Lipinski definition) is 2. The number of anilines is 1. The van der Waals surface area contributed by atoms with Crippen molar-refractivity contribution >= 4 is 5.69 Å². The fourth-order valence-electron chi connectivity index (χ4n) is 2.60. The maximum atomic E-state index is 4.47. The highest BCUT2D eigenvalue weighted by Gasteiger charge is 2.25. The van der Waals surface area contributed by atoms with Crippen molar-refractivity contribution in [3.05, 3.63) is 48.2 Å². The summed E-state index contributed by atoms with van der Waals surface area (Å²) in [6.07, 6.45) is 4.13. The van der Waals surface area contributed by atoms with Crippen molar-refractivity contribution < 1.29 is 0 Å². The summed E-state index contributed by atoms with van der Waals surface area (Å²) in [6, 6.07) is 12.5. The van der Waals surface area contributed by atoms with Crippen LogP contribution in [0.15, 0.2) is 42.6 Å². The van der Waals surface area contributed by atoms with E-state index in [0.717, 1.165) is 18.5 Å². The third kappa shape index (κ3) is 1.99. The van der Waals surface area contributed by atoms with Crippen LogP contribution in [0.1, 0.15) is 25.8 Å². The molecule has 0 radical (unpaired) electrons. The Morgan fingerprint density at radius 1 is 1.11 bits per heavy atom. The first-order chi connectivity index (χ1) is 8.66. The van der Waals surface area contributed by atoms with Gasteiger partial charge in [0.15, 0.2) is 0 Å². The van der Waals surface area contributed by atoms with Crippen molar-refractivity contribution in [3.8, 4) is 11.3 Å². The van der Waals surface area contributed by atoms with E-state index >= 15 is 0 Å². The van der Waals surface area contributed by atoms with Crippen LogP contribution in [0, 0.1) is 0 Å². The van der Waals surface area contributed by atoms with Gasteiger partial charge in [0.05, 0.1) is 5.69 Å². The summed E-state index contributed by atoms with van der Waals surface area (Å²) < 4.78 is 0. The fraction of sp³-hybridized carbons (Fsp3) is 0.312. The highest BCUT2D eigenvalue weighted by atomic mass is 15.0. The molecule has 2 aromatic rings. The van der Waals surface area contributed by atoms with Crippen LogP contribution in [0.5, 0.6) is 0 Å². The number of fused-ring (bicyclic) bond motifs is 1. The maximum absolute atomic E-state index is 4.47. The second-order valence-corrected chi connectivity index (χ2v) is 5.56. The van der Waals surface area contributed by atoms with Gasteiger partial charge in [0.25, 0.3) is 0 Å². The molecule has 1 aromatic heterocycles. The molecule has 1 aliphatic heterocycles. The molecule has 2 nitrogen and oxygen atoms in total. The molecule has 1 N–H and O–H groups in total. The molecule has 3 rings (SSSR count). The number of pyridine rings is 1. The Bertz CT molecular complexity index is 559. The number of benzene rings is 1. The lowest BCUT2D eigenvalue weighted by Crippen LogP contribution is -2.35. The molecule has 0 atom stereocenters. The molecular weight excluding hydrogens is 220 g/mol. The van der Waals surface area contributed by atoms with Gasteiger partial charge in [-0.05, 0) is 50.5 Å². The van der Waals surface area contributed by atoms with E-state index in [-0.39, 0.29) is 5.54 Å². The largest absolute Gasteiger partial charge is 0.380 e. The Hall–Kier alpha value is -1.83. The maximum Gasteiger partial charge on any atom is 0.0705 e. The molecule has 0 saturated carbocycles. The van der Waals surface area contributed by atoms with Crippen molar-refractivity contribution in [3.63, 3.8) is 0 Å². The second-order valence-electron chi connectivity index (χ2n) is 5.56. The van der Waals surface area contributed by atoms with E-state index in [1.807, 2.05) is 18.3 Å². The summed E-state index contributed by atoms with van der Waals surface area (Å²) in [5.74, 6) is 0. The molecule has 2 heteroatoms. The van der Waals surface area contributed by atoms with Gasteiger partial charge in [-0.15, -0.1) is 0 Å². The van der Waals surface area contributed by atoms with E-state index in [1.165, 1.54) is 16.8 Å². The molecule has 18 heavy (non-hydrogen) atoms. The number of nitrogens with one attached hydrogen (secondary N) is 1. The van der Waals surface area contributed by atoms with Crippen molar-refractivity contribution in [2.75, 3.05) is 5.32 Å². The minimum Gasteiger partial charge on any atom is -0.380 e. The fourth-order valence-corrected chi connectivity index (χ4v) is 2.60. The van der Waals surface area contributed by atoms with Crippen LogP contribution in [0.25, 0.3) is 11.3 Å². The quantitative estimate of drug-likeness (QED) is 0.815. The van der Waals surface area contributed by atoms with E-state index < -0.39 is 0 Å². The smallest absolute Gasteiger partial charge is 0.0705 e. The van der Waals surface area contributed by atoms with Crippen molar-refractivity contribution in [2.45, 2.75) is 32.2 Å². The molecule has 0 fully saturated rings. The Balaban J connectivity index is 2.09. The molecule has 92 valence electrons. The molecule has 0 amide bonds. The standard InChI is InChI=1S/C16H18N2/c1-16(2)10-9-13-12(6-5-8-15(13)18-16)14-7-3-4-11-17-14/h3-8,11,18H,9-10H2,1-2H3. The molecular formula is C16H18N2. The summed E-state index contributed by atoms with van der Waals surface area (Å²) in [6.45, 7) is 4.51. The minimum atomic E-state index is 0.190. The normalized spacial score (nSPS) is 16.8. The van der Waals surface area contributed by atoms with Gasteiger partial charge >= 0.3 is 0 Å². The van der Waals surface area contributed by atoms with Crippen molar-refractivity contribution in [1.29, 1.82) is 0 Å². The second kappa shape index (κ2) is 4.13. The number of aromatic nitrogens is 1. The van der Waals surface area contributed by atoms with Gasteiger partial charge in [-0.2, -0.15) is 0 Å². The topological polar surface area (TPSA) is 24.9 Å². The monoisotopic (exact) mass is 238 g/mol. The van der Waals surface area contributed by atoms with Gasteiger partial charge in [0, 0.05) is 23.0 Å². The van der Waals surface area contributed by atoms with Gasteiger partial charge in [0.1, 0.15) is 0 Å². The van der Waals surface area contributed by atoms with Crippen LogP contribution in [-0.4, -0.2) is 10.5 Å². The summed E-state index contributed by atoms with van der Waals surface area (Å²) in [4.78, 5) is 4.47. The van der Waals surface area contributed by atoms with Gasteiger partial charge in [-0.25, -0.2) is 0 Å². The molecule has 1 aliphatic rings. The third-order valence-corrected chi connectivity index (χ3v) is 3.59. The summed E-state index contributed by atoms with van der Waals surface area (Å²) in [7, 11) is 0. The predicted octanol–water partition coefficient (Wildman–Crippen LogP) is 3.89. The first-order valence-electron chi connectivity index (χ1n) is 6.47. The van der Waals surface area contributed by atoms with Crippen LogP contribution in [0.4, 0.5) is 5.69 Å². The zero-order valence-corrected chi connectivity index (χ0v) is 10.9. The Labute approximate surface area is 108 Å². The van der Waals surface area contributed by atoms with Gasteiger partial charge < -0.3 is 5.32 Å². The first-order valence-corrected chi connectivity index (χ1v) is 6.47. The first kappa shape index (κ1) is 11.3. The van der Waals surface area contributed by atoms with Gasteiger partial charge in [0.2, 0.25) is 0 Å². The third-order valence-electron chi connectivity index (χ3n) is 3.59. The SMILES string of the molecule is CC1(C)CCc2c(cccc2-c2ccccn2)N1. The lowest BCUT2D eigenvalue weighted by Gasteiger charge is -2.34. The van der Waals surface area contributed by atoms with Crippen molar-refractivity contribution in [1.82, 2.24) is 4.98 Å². The lowest BCUT2D eigenvalue weighted by atomic mass is 9.86. The molecule has 0 saturated heterocycles. The van der Waals surface area contributed by atoms with Crippen LogP contribution in [0.2, 0.25) is 0 Å². The predicted molar refractivity (Wildman–Crippen MR) is 75.7 cm³/mol. The molecule has 0 aliphatic carbocycles. The van der Waals surface area contributed by atoms with Gasteiger partial charge in [-0.1, -0.05) is 18.2 Å². The van der Waals surface area contributed by atoms with Crippen LogP contribution >= 0.6 is 0 Å². The minimum absolute atomic E-state index is 0.190. The summed E-state index contributed by atoms with van der Waals surface area (Å²) >= 11 is 0. The summed E-state index contributed by atoms with van der Waals surface area (Å²) in [5.41, 5.74) is 5.17. The average molecular weight is 238 g/mol. The molecule has 0 bridgehead atoms. The van der Waals surface area contributed by atoms with Crippen LogP contribution < -0.4 is 5.32 Å². The summed E-state index contributed by atoms with van der Waals surface area (Å²) in [5, 5.41) is 3.62. The van der Waals surface area contributed by atoms with E-state index in [4.69, 9.17) is 0 Å². The zero-order valence-electron chi connectivity index (χ0n) is 10.9. The van der Waals surface area contributed by atoms with Crippen LogP contribution in [0.3, 0.4) is 0 Å². The lowest BCUT2D eigenvalue weighted by molar-refractivity contribution is 0.503. The number of nitrogens with zero attached hydrogens (tertiary/aromatic N) is 1. The molecule has 2 heterocycles. The number of hydrogen-bond donors (Lipinski definition) is 1. The van der Waals surface area contributed by atoms with E-state index in [1.54, 1.807) is 0 Å². The van der Waals surface area contributed by atoms with Crippen molar-refractivity contribution in [2.24, 2.45) is 0 Å². The van der Waals surface area contributed by atoms with E-state index in [0.29, 0.717) is 0 Å². The molecule has 0 spiro atoms. The van der Waals surface area contributed by atoms with E-state index in [9.17, 15) is 0 Å². The highest BCUT2D eigenvalue weighted by molar-refractivity contribution is 5.73. The Morgan fingerprint density at radius 2 is 2.00 bits per heavy atom. The number of rotatable bonds is 1. The van der Waals surface area contributed by atoms with E-state index in [2.05, 4.69) is 48.4 Å². The van der Waals surface area contributed by atoms with Gasteiger partial charge in [-0.3, -0.25) is 4.98 Å². The Kier molecular flexibility index (Phi) is 2.58. The molecule has 1 aromatic carbocycles. The van der Waals surface area contributed by atoms with Crippen LogP contribution in [-0.2, 0) is 6.42 Å². The Morgan fingerprint density at radius 3 is 2.78 bits per heavy atom. The molecule has 0 unspecified atom stereocenters. The highest BCUT2D eigenvalue weighted by Crippen LogP contribution is 2.36. The zero-order chi connectivity index (χ0) is 12.6.